The average Bonchev–Trinajstić information content (AvgIpc) is 3.22. The first-order valence-corrected chi connectivity index (χ1v) is 7.14. The van der Waals surface area contributed by atoms with Crippen LogP contribution in [0, 0.1) is 0 Å². The fourth-order valence-electron chi connectivity index (χ4n) is 2.14. The molecule has 0 aliphatic rings. The molecule has 114 valence electrons. The molecule has 0 unspecified atom stereocenters. The van der Waals surface area contributed by atoms with Crippen molar-refractivity contribution in [2.24, 2.45) is 0 Å². The van der Waals surface area contributed by atoms with Gasteiger partial charge in [-0.3, -0.25) is 5.10 Å². The molecule has 1 aromatic carbocycles. The maximum absolute atomic E-state index is 5.97. The molecule has 0 fully saturated rings. The molecule has 4 rings (SSSR count). The lowest BCUT2D eigenvalue weighted by molar-refractivity contribution is 0.384. The fraction of sp³-hybridized carbons (Fsp3) is 0.0714. The van der Waals surface area contributed by atoms with E-state index in [0.717, 1.165) is 10.9 Å². The van der Waals surface area contributed by atoms with E-state index >= 15 is 0 Å². The highest BCUT2D eigenvalue weighted by Gasteiger charge is 2.10. The minimum atomic E-state index is 0.338. The number of H-pyrrole nitrogens is 1. The van der Waals surface area contributed by atoms with E-state index in [1.807, 2.05) is 12.1 Å². The SMILES string of the molecule is Clc1cccc(-c2noc(CNc3ncnc4[nH]ncc34)n2)c1. The van der Waals surface area contributed by atoms with Crippen molar-refractivity contribution in [3.8, 4) is 11.4 Å². The van der Waals surface area contributed by atoms with Gasteiger partial charge in [0.05, 0.1) is 18.1 Å². The number of aromatic nitrogens is 6. The van der Waals surface area contributed by atoms with Gasteiger partial charge >= 0.3 is 0 Å². The van der Waals surface area contributed by atoms with Crippen LogP contribution in [-0.4, -0.2) is 30.3 Å². The van der Waals surface area contributed by atoms with Crippen LogP contribution in [-0.2, 0) is 6.54 Å². The van der Waals surface area contributed by atoms with Gasteiger partial charge in [0.25, 0.3) is 0 Å². The Morgan fingerprint density at radius 3 is 3.13 bits per heavy atom. The van der Waals surface area contributed by atoms with E-state index in [9.17, 15) is 0 Å². The van der Waals surface area contributed by atoms with Crippen molar-refractivity contribution in [2.75, 3.05) is 5.32 Å². The predicted molar refractivity (Wildman–Crippen MR) is 83.8 cm³/mol. The molecule has 0 saturated carbocycles. The lowest BCUT2D eigenvalue weighted by Gasteiger charge is -2.02. The van der Waals surface area contributed by atoms with E-state index in [4.69, 9.17) is 16.1 Å². The highest BCUT2D eigenvalue weighted by Crippen LogP contribution is 2.21. The number of hydrogen-bond acceptors (Lipinski definition) is 7. The zero-order chi connectivity index (χ0) is 15.6. The molecule has 0 aliphatic carbocycles. The Bertz CT molecular complexity index is 964. The van der Waals surface area contributed by atoms with Crippen LogP contribution in [0.5, 0.6) is 0 Å². The summed E-state index contributed by atoms with van der Waals surface area (Å²) in [5.41, 5.74) is 1.46. The third kappa shape index (κ3) is 2.71. The monoisotopic (exact) mass is 327 g/mol. The van der Waals surface area contributed by atoms with E-state index < -0.39 is 0 Å². The molecule has 2 N–H and O–H groups in total. The van der Waals surface area contributed by atoms with Gasteiger partial charge in [0.2, 0.25) is 11.7 Å². The largest absolute Gasteiger partial charge is 0.360 e. The van der Waals surface area contributed by atoms with Crippen molar-refractivity contribution in [3.63, 3.8) is 0 Å². The summed E-state index contributed by atoms with van der Waals surface area (Å²) in [6.45, 7) is 0.338. The molecule has 0 bridgehead atoms. The third-order valence-electron chi connectivity index (χ3n) is 3.21. The normalized spacial score (nSPS) is 11.0. The van der Waals surface area contributed by atoms with Crippen LogP contribution < -0.4 is 5.32 Å². The zero-order valence-electron chi connectivity index (χ0n) is 11.7. The maximum Gasteiger partial charge on any atom is 0.246 e. The number of halogens is 1. The van der Waals surface area contributed by atoms with Gasteiger partial charge in [-0.1, -0.05) is 28.9 Å². The van der Waals surface area contributed by atoms with E-state index in [-0.39, 0.29) is 0 Å². The Kier molecular flexibility index (Phi) is 3.35. The van der Waals surface area contributed by atoms with Crippen LogP contribution in [0.15, 0.2) is 41.3 Å². The molecule has 0 amide bonds. The first-order valence-electron chi connectivity index (χ1n) is 6.76. The third-order valence-corrected chi connectivity index (χ3v) is 3.44. The average molecular weight is 328 g/mol. The van der Waals surface area contributed by atoms with Crippen LogP contribution in [0.1, 0.15) is 5.89 Å². The maximum atomic E-state index is 5.97. The van der Waals surface area contributed by atoms with Gasteiger partial charge in [0, 0.05) is 10.6 Å². The molecule has 0 aliphatic heterocycles. The van der Waals surface area contributed by atoms with Gasteiger partial charge in [-0.05, 0) is 12.1 Å². The quantitative estimate of drug-likeness (QED) is 0.593. The second-order valence-electron chi connectivity index (χ2n) is 4.73. The molecule has 23 heavy (non-hydrogen) atoms. The van der Waals surface area contributed by atoms with Crippen molar-refractivity contribution < 1.29 is 4.52 Å². The summed E-state index contributed by atoms with van der Waals surface area (Å²) in [4.78, 5) is 12.6. The molecule has 0 spiro atoms. The molecule has 3 aromatic heterocycles. The number of aromatic amines is 1. The van der Waals surface area contributed by atoms with Gasteiger partial charge in [0.15, 0.2) is 5.65 Å². The van der Waals surface area contributed by atoms with Crippen LogP contribution >= 0.6 is 11.6 Å². The van der Waals surface area contributed by atoms with Gasteiger partial charge in [-0.2, -0.15) is 10.1 Å². The number of rotatable bonds is 4. The summed E-state index contributed by atoms with van der Waals surface area (Å²) in [5, 5.41) is 15.2. The summed E-state index contributed by atoms with van der Waals surface area (Å²) >= 11 is 5.97. The number of fused-ring (bicyclic) bond motifs is 1. The van der Waals surface area contributed by atoms with Gasteiger partial charge in [-0.15, -0.1) is 0 Å². The Labute approximate surface area is 134 Å². The standard InChI is InChI=1S/C14H10ClN7O/c15-9-3-1-2-8(4-9)12-20-11(23-22-12)6-16-13-10-5-19-21-14(10)18-7-17-13/h1-5,7H,6H2,(H2,16,17,18,19,21). The number of benzene rings is 1. The molecule has 0 saturated heterocycles. The minimum absolute atomic E-state index is 0.338. The van der Waals surface area contributed by atoms with E-state index in [2.05, 4.69) is 35.6 Å². The molecular formula is C14H10ClN7O. The van der Waals surface area contributed by atoms with Crippen molar-refractivity contribution in [1.29, 1.82) is 0 Å². The molecule has 4 aromatic rings. The lowest BCUT2D eigenvalue weighted by Crippen LogP contribution is -2.02. The molecule has 0 radical (unpaired) electrons. The Morgan fingerprint density at radius 1 is 1.26 bits per heavy atom. The highest BCUT2D eigenvalue weighted by molar-refractivity contribution is 6.30. The lowest BCUT2D eigenvalue weighted by atomic mass is 10.2. The highest BCUT2D eigenvalue weighted by atomic mass is 35.5. The smallest absolute Gasteiger partial charge is 0.246 e. The summed E-state index contributed by atoms with van der Waals surface area (Å²) in [7, 11) is 0. The Morgan fingerprint density at radius 2 is 2.22 bits per heavy atom. The number of anilines is 1. The van der Waals surface area contributed by atoms with Crippen molar-refractivity contribution >= 4 is 28.5 Å². The molecule has 0 atom stereocenters. The van der Waals surface area contributed by atoms with E-state index in [1.165, 1.54) is 6.33 Å². The summed E-state index contributed by atoms with van der Waals surface area (Å²) in [6.07, 6.45) is 3.11. The predicted octanol–water partition coefficient (Wildman–Crippen LogP) is 2.67. The van der Waals surface area contributed by atoms with Crippen molar-refractivity contribution in [2.45, 2.75) is 6.54 Å². The number of hydrogen-bond donors (Lipinski definition) is 2. The van der Waals surface area contributed by atoms with Crippen LogP contribution in [0.2, 0.25) is 5.02 Å². The Balaban J connectivity index is 1.53. The van der Waals surface area contributed by atoms with Crippen LogP contribution in [0.3, 0.4) is 0 Å². The van der Waals surface area contributed by atoms with Gasteiger partial charge in [0.1, 0.15) is 12.1 Å². The number of nitrogens with one attached hydrogen (secondary N) is 2. The second kappa shape index (κ2) is 5.65. The Hall–Kier alpha value is -3.00. The first-order chi connectivity index (χ1) is 11.3. The number of nitrogens with zero attached hydrogens (tertiary/aromatic N) is 5. The van der Waals surface area contributed by atoms with Crippen molar-refractivity contribution in [1.82, 2.24) is 30.3 Å². The van der Waals surface area contributed by atoms with Gasteiger partial charge < -0.3 is 9.84 Å². The summed E-state index contributed by atoms with van der Waals surface area (Å²) in [6, 6.07) is 7.28. The van der Waals surface area contributed by atoms with Crippen molar-refractivity contribution in [3.05, 3.63) is 47.7 Å². The fourth-order valence-corrected chi connectivity index (χ4v) is 2.33. The van der Waals surface area contributed by atoms with Gasteiger partial charge in [-0.25, -0.2) is 9.97 Å². The van der Waals surface area contributed by atoms with Crippen LogP contribution in [0.4, 0.5) is 5.82 Å². The zero-order valence-corrected chi connectivity index (χ0v) is 12.4. The molecule has 8 nitrogen and oxygen atoms in total. The second-order valence-corrected chi connectivity index (χ2v) is 5.17. The molecule has 3 heterocycles. The molecular weight excluding hydrogens is 318 g/mol. The van der Waals surface area contributed by atoms with Crippen LogP contribution in [0.25, 0.3) is 22.4 Å². The first kappa shape index (κ1) is 13.6. The van der Waals surface area contributed by atoms with E-state index in [1.54, 1.807) is 18.3 Å². The summed E-state index contributed by atoms with van der Waals surface area (Å²) in [5.74, 6) is 1.57. The van der Waals surface area contributed by atoms with E-state index in [0.29, 0.717) is 34.7 Å². The summed E-state index contributed by atoms with van der Waals surface area (Å²) < 4.78 is 5.24. The topological polar surface area (TPSA) is 105 Å². The molecule has 9 heteroatoms. The minimum Gasteiger partial charge on any atom is -0.360 e.